The van der Waals surface area contributed by atoms with Crippen molar-refractivity contribution in [1.82, 2.24) is 14.9 Å². The second-order valence-corrected chi connectivity index (χ2v) is 5.08. The van der Waals surface area contributed by atoms with Gasteiger partial charge in [0.05, 0.1) is 7.11 Å². The van der Waals surface area contributed by atoms with Gasteiger partial charge < -0.3 is 14.9 Å². The minimum Gasteiger partial charge on any atom is -0.504 e. The Morgan fingerprint density at radius 2 is 2.15 bits per heavy atom. The lowest BCUT2D eigenvalue weighted by Crippen LogP contribution is -2.33. The third kappa shape index (κ3) is 1.67. The van der Waals surface area contributed by atoms with E-state index in [4.69, 9.17) is 4.74 Å². The van der Waals surface area contributed by atoms with E-state index in [9.17, 15) is 15.0 Å². The van der Waals surface area contributed by atoms with Gasteiger partial charge in [-0.2, -0.15) is 4.68 Å². The average molecular weight is 294 g/mol. The normalized spacial score (nSPS) is 12.3. The zero-order chi connectivity index (χ0) is 14.4. The number of nitrogens with zero attached hydrogens (tertiary/aromatic N) is 3. The number of aryl methyl sites for hydroxylation is 1. The highest BCUT2D eigenvalue weighted by Gasteiger charge is 2.26. The van der Waals surface area contributed by atoms with Crippen LogP contribution in [0.2, 0.25) is 0 Å². The summed E-state index contributed by atoms with van der Waals surface area (Å²) >= 11 is 1.13. The number of aromatic nitrogens is 3. The summed E-state index contributed by atoms with van der Waals surface area (Å²) in [6, 6.07) is 1.36. The van der Waals surface area contributed by atoms with E-state index in [2.05, 4.69) is 15.6 Å². The van der Waals surface area contributed by atoms with E-state index in [1.165, 1.54) is 17.9 Å². The molecule has 0 aliphatic carbocycles. The number of methoxy groups -OCH3 is 1. The first-order valence-electron chi connectivity index (χ1n) is 5.57. The second-order valence-electron chi connectivity index (χ2n) is 4.07. The molecular weight excluding hydrogens is 284 g/mol. The number of phenolic OH excluding ortho intramolecular Hbond substituents is 2. The lowest BCUT2D eigenvalue weighted by atomic mass is 10.2. The van der Waals surface area contributed by atoms with Gasteiger partial charge in [-0.3, -0.25) is 10.2 Å². The number of anilines is 1. The molecule has 9 heteroatoms. The summed E-state index contributed by atoms with van der Waals surface area (Å²) in [6.45, 7) is 1.55. The second kappa shape index (κ2) is 4.30. The minimum absolute atomic E-state index is 0.0551. The van der Waals surface area contributed by atoms with Crippen LogP contribution in [0.4, 0.5) is 5.69 Å². The van der Waals surface area contributed by atoms with E-state index in [-0.39, 0.29) is 22.8 Å². The first-order valence-corrected chi connectivity index (χ1v) is 6.38. The van der Waals surface area contributed by atoms with Crippen LogP contribution in [0, 0.1) is 6.92 Å². The summed E-state index contributed by atoms with van der Waals surface area (Å²) < 4.78 is 6.29. The van der Waals surface area contributed by atoms with Crippen LogP contribution < -0.4 is 15.7 Å². The van der Waals surface area contributed by atoms with Crippen LogP contribution in [0.3, 0.4) is 0 Å². The number of nitrogens with one attached hydrogen (secondary N) is 1. The van der Waals surface area contributed by atoms with E-state index in [1.54, 1.807) is 6.92 Å². The van der Waals surface area contributed by atoms with Gasteiger partial charge in [0.15, 0.2) is 11.5 Å². The Balaban J connectivity index is 2.23. The van der Waals surface area contributed by atoms with Crippen molar-refractivity contribution in [1.29, 1.82) is 0 Å². The molecule has 1 aromatic heterocycles. The van der Waals surface area contributed by atoms with Crippen molar-refractivity contribution in [2.24, 2.45) is 0 Å². The SMILES string of the molecule is COc1c(O)c(O)cc2c1Nn1c(nnc(C)c1=O)S2. The van der Waals surface area contributed by atoms with Gasteiger partial charge in [0.2, 0.25) is 10.9 Å². The Morgan fingerprint density at radius 3 is 2.85 bits per heavy atom. The van der Waals surface area contributed by atoms with Crippen molar-refractivity contribution in [3.63, 3.8) is 0 Å². The Hall–Kier alpha value is -2.42. The molecule has 2 aromatic rings. The van der Waals surface area contributed by atoms with Gasteiger partial charge >= 0.3 is 0 Å². The maximum Gasteiger partial charge on any atom is 0.294 e. The molecule has 0 atom stereocenters. The van der Waals surface area contributed by atoms with Gasteiger partial charge in [0.25, 0.3) is 5.56 Å². The molecule has 20 heavy (non-hydrogen) atoms. The van der Waals surface area contributed by atoms with Crippen LogP contribution in [0.25, 0.3) is 0 Å². The molecule has 0 amide bonds. The number of rotatable bonds is 1. The van der Waals surface area contributed by atoms with Gasteiger partial charge in [-0.05, 0) is 18.7 Å². The number of aromatic hydroxyl groups is 2. The summed E-state index contributed by atoms with van der Waals surface area (Å²) in [4.78, 5) is 12.6. The van der Waals surface area contributed by atoms with Gasteiger partial charge in [-0.25, -0.2) is 0 Å². The molecule has 0 unspecified atom stereocenters. The average Bonchev–Trinajstić information content (AvgIpc) is 2.43. The molecule has 3 rings (SSSR count). The van der Waals surface area contributed by atoms with E-state index >= 15 is 0 Å². The van der Waals surface area contributed by atoms with Crippen LogP contribution in [0.5, 0.6) is 17.2 Å². The maximum absolute atomic E-state index is 12.0. The molecule has 0 bridgehead atoms. The lowest BCUT2D eigenvalue weighted by Gasteiger charge is -2.23. The Kier molecular flexibility index (Phi) is 2.71. The molecule has 3 N–H and O–H groups in total. The number of hydrogen-bond acceptors (Lipinski definition) is 8. The van der Waals surface area contributed by atoms with Crippen molar-refractivity contribution in [2.45, 2.75) is 17.0 Å². The molecule has 104 valence electrons. The fourth-order valence-electron chi connectivity index (χ4n) is 1.83. The summed E-state index contributed by atoms with van der Waals surface area (Å²) in [7, 11) is 1.36. The summed E-state index contributed by atoms with van der Waals surface area (Å²) in [5, 5.41) is 27.5. The Bertz CT molecular complexity index is 774. The van der Waals surface area contributed by atoms with Crippen molar-refractivity contribution in [2.75, 3.05) is 12.5 Å². The summed E-state index contributed by atoms with van der Waals surface area (Å²) in [5.41, 5.74) is 3.10. The smallest absolute Gasteiger partial charge is 0.294 e. The van der Waals surface area contributed by atoms with Crippen LogP contribution in [0.15, 0.2) is 20.9 Å². The number of ether oxygens (including phenoxy) is 1. The van der Waals surface area contributed by atoms with Crippen LogP contribution in [0.1, 0.15) is 5.69 Å². The molecule has 1 aromatic carbocycles. The number of benzene rings is 1. The zero-order valence-electron chi connectivity index (χ0n) is 10.5. The molecule has 1 aliphatic rings. The van der Waals surface area contributed by atoms with E-state index in [0.717, 1.165) is 11.8 Å². The molecule has 8 nitrogen and oxygen atoms in total. The third-order valence-electron chi connectivity index (χ3n) is 2.82. The fourth-order valence-corrected chi connectivity index (χ4v) is 2.73. The minimum atomic E-state index is -0.394. The Labute approximate surface area is 117 Å². The number of phenols is 2. The predicted octanol–water partition coefficient (Wildman–Crippen LogP) is 0.706. The first-order chi connectivity index (χ1) is 9.52. The van der Waals surface area contributed by atoms with E-state index in [0.29, 0.717) is 15.7 Å². The third-order valence-corrected chi connectivity index (χ3v) is 3.81. The van der Waals surface area contributed by atoms with Crippen molar-refractivity contribution in [3.05, 3.63) is 22.1 Å². The van der Waals surface area contributed by atoms with Gasteiger partial charge in [0.1, 0.15) is 11.4 Å². The highest BCUT2D eigenvalue weighted by molar-refractivity contribution is 7.99. The highest BCUT2D eigenvalue weighted by Crippen LogP contribution is 2.49. The largest absolute Gasteiger partial charge is 0.504 e. The standard InChI is InChI=1S/C11H10N4O4S/c1-4-10(18)15-11(13-12-4)20-6-3-5(16)8(17)9(19-2)7(6)14-15/h3,14,16-17H,1-2H3. The highest BCUT2D eigenvalue weighted by atomic mass is 32.2. The van der Waals surface area contributed by atoms with E-state index < -0.39 is 5.75 Å². The predicted molar refractivity (Wildman–Crippen MR) is 70.5 cm³/mol. The molecule has 0 spiro atoms. The number of fused-ring (bicyclic) bond motifs is 2. The zero-order valence-corrected chi connectivity index (χ0v) is 11.4. The van der Waals surface area contributed by atoms with Gasteiger partial charge in [0, 0.05) is 11.0 Å². The number of hydrogen-bond donors (Lipinski definition) is 3. The monoisotopic (exact) mass is 294 g/mol. The van der Waals surface area contributed by atoms with Crippen molar-refractivity contribution >= 4 is 17.4 Å². The quantitative estimate of drug-likeness (QED) is 0.444. The van der Waals surface area contributed by atoms with Crippen molar-refractivity contribution in [3.8, 4) is 17.2 Å². The summed E-state index contributed by atoms with van der Waals surface area (Å²) in [6.07, 6.45) is 0. The molecule has 1 aliphatic heterocycles. The molecule has 0 radical (unpaired) electrons. The topological polar surface area (TPSA) is 110 Å². The lowest BCUT2D eigenvalue weighted by molar-refractivity contribution is 0.350. The molecule has 0 fully saturated rings. The van der Waals surface area contributed by atoms with E-state index in [1.807, 2.05) is 0 Å². The van der Waals surface area contributed by atoms with Crippen molar-refractivity contribution < 1.29 is 14.9 Å². The van der Waals surface area contributed by atoms with Gasteiger partial charge in [-0.15, -0.1) is 10.2 Å². The fraction of sp³-hybridized carbons (Fsp3) is 0.182. The van der Waals surface area contributed by atoms with Crippen LogP contribution in [-0.4, -0.2) is 32.2 Å². The molecule has 0 saturated carbocycles. The van der Waals surface area contributed by atoms with Crippen LogP contribution in [-0.2, 0) is 0 Å². The molecular formula is C11H10N4O4S. The Morgan fingerprint density at radius 1 is 1.40 bits per heavy atom. The molecule has 2 heterocycles. The maximum atomic E-state index is 12.0. The first kappa shape index (κ1) is 12.6. The van der Waals surface area contributed by atoms with Crippen LogP contribution >= 0.6 is 11.8 Å². The van der Waals surface area contributed by atoms with Gasteiger partial charge in [-0.1, -0.05) is 0 Å². The summed E-state index contributed by atoms with van der Waals surface area (Å²) in [5.74, 6) is -0.653. The molecule has 0 saturated heterocycles.